The lowest BCUT2D eigenvalue weighted by molar-refractivity contribution is -0.334. The Morgan fingerprint density at radius 2 is 1.56 bits per heavy atom. The first-order chi connectivity index (χ1) is 20.3. The van der Waals surface area contributed by atoms with Crippen molar-refractivity contribution in [2.45, 2.75) is 70.4 Å². The zero-order valence-corrected chi connectivity index (χ0v) is 25.0. The monoisotopic (exact) mass is 620 g/mol. The second-order valence-corrected chi connectivity index (χ2v) is 10.6. The van der Waals surface area contributed by atoms with Crippen molar-refractivity contribution in [3.8, 4) is 5.75 Å². The van der Waals surface area contributed by atoms with E-state index in [-0.39, 0.29) is 22.8 Å². The summed E-state index contributed by atoms with van der Waals surface area (Å²) in [7, 11) is 0. The van der Waals surface area contributed by atoms with Gasteiger partial charge in [-0.15, -0.1) is 0 Å². The fourth-order valence-electron chi connectivity index (χ4n) is 5.28. The molecule has 0 saturated carbocycles. The molecule has 43 heavy (non-hydrogen) atoms. The molecule has 0 amide bonds. The first-order valence-corrected chi connectivity index (χ1v) is 13.9. The lowest BCUT2D eigenvalue weighted by Gasteiger charge is -2.49. The van der Waals surface area contributed by atoms with Crippen molar-refractivity contribution in [3.63, 3.8) is 0 Å². The molecule has 1 N–H and O–H groups in total. The van der Waals surface area contributed by atoms with Crippen molar-refractivity contribution in [3.05, 3.63) is 64.2 Å². The number of esters is 4. The van der Waals surface area contributed by atoms with Crippen LogP contribution in [0.1, 0.15) is 57.4 Å². The third kappa shape index (κ3) is 6.62. The molecule has 0 aliphatic carbocycles. The number of benzene rings is 2. The molecule has 0 aromatic heterocycles. The SMILES string of the molecule is CCOc1ccc(C(O)c2cc(C34OCC(COC(C)=O)(O3)C(OC(C)=O)C(OC(C)=O)C4OC(C)=O)ccc2Cl)cc1. The Bertz CT molecular complexity index is 1380. The predicted molar refractivity (Wildman–Crippen MR) is 148 cm³/mol. The minimum atomic E-state index is -1.97. The van der Waals surface area contributed by atoms with Gasteiger partial charge in [-0.2, -0.15) is 0 Å². The van der Waals surface area contributed by atoms with Crippen LogP contribution in [0, 0.1) is 0 Å². The molecular formula is C30H33ClO12. The molecular weight excluding hydrogens is 588 g/mol. The number of carbonyl (C=O) groups is 4. The third-order valence-corrected chi connectivity index (χ3v) is 7.33. The molecule has 13 heteroatoms. The fraction of sp³-hybridized carbons (Fsp3) is 0.467. The molecule has 2 aromatic carbocycles. The largest absolute Gasteiger partial charge is 0.494 e. The van der Waals surface area contributed by atoms with Crippen LogP contribution in [0.4, 0.5) is 0 Å². The van der Waals surface area contributed by atoms with Gasteiger partial charge in [-0.25, -0.2) is 0 Å². The van der Waals surface area contributed by atoms with Gasteiger partial charge in [-0.1, -0.05) is 29.8 Å². The molecule has 2 aliphatic rings. The van der Waals surface area contributed by atoms with Crippen molar-refractivity contribution < 1.29 is 57.4 Å². The van der Waals surface area contributed by atoms with Gasteiger partial charge in [0.15, 0.2) is 17.8 Å². The average molecular weight is 621 g/mol. The highest BCUT2D eigenvalue weighted by molar-refractivity contribution is 6.31. The maximum absolute atomic E-state index is 12.4. The van der Waals surface area contributed by atoms with E-state index in [2.05, 4.69) is 0 Å². The van der Waals surface area contributed by atoms with Gasteiger partial charge in [-0.05, 0) is 36.8 Å². The molecule has 12 nitrogen and oxygen atoms in total. The molecule has 2 bridgehead atoms. The molecule has 232 valence electrons. The zero-order chi connectivity index (χ0) is 31.5. The quantitative estimate of drug-likeness (QED) is 0.307. The van der Waals surface area contributed by atoms with Crippen LogP contribution >= 0.6 is 11.6 Å². The summed E-state index contributed by atoms with van der Waals surface area (Å²) in [5.74, 6) is -4.32. The lowest BCUT2D eigenvalue weighted by atomic mass is 9.82. The van der Waals surface area contributed by atoms with E-state index in [9.17, 15) is 24.3 Å². The van der Waals surface area contributed by atoms with Crippen molar-refractivity contribution in [2.75, 3.05) is 19.8 Å². The number of hydrogen-bond donors (Lipinski definition) is 1. The molecule has 2 aliphatic heterocycles. The van der Waals surface area contributed by atoms with Crippen LogP contribution in [0.25, 0.3) is 0 Å². The first-order valence-electron chi connectivity index (χ1n) is 13.5. The highest BCUT2D eigenvalue weighted by Gasteiger charge is 2.72. The van der Waals surface area contributed by atoms with E-state index in [0.717, 1.165) is 20.8 Å². The van der Waals surface area contributed by atoms with E-state index in [1.807, 2.05) is 6.92 Å². The number of halogens is 1. The molecule has 2 aromatic rings. The Morgan fingerprint density at radius 1 is 0.930 bits per heavy atom. The number of ether oxygens (including phenoxy) is 7. The molecule has 2 saturated heterocycles. The Hall–Kier alpha value is -3.71. The normalized spacial score (nSPS) is 26.6. The summed E-state index contributed by atoms with van der Waals surface area (Å²) >= 11 is 6.53. The van der Waals surface area contributed by atoms with Gasteiger partial charge in [0.1, 0.15) is 18.5 Å². The molecule has 0 spiro atoms. The summed E-state index contributed by atoms with van der Waals surface area (Å²) in [6.07, 6.45) is -5.58. The van der Waals surface area contributed by atoms with Gasteiger partial charge < -0.3 is 38.3 Å². The Labute approximate surface area is 253 Å². The van der Waals surface area contributed by atoms with E-state index >= 15 is 0 Å². The molecule has 0 radical (unpaired) electrons. The third-order valence-electron chi connectivity index (χ3n) is 6.98. The van der Waals surface area contributed by atoms with Gasteiger partial charge in [0.2, 0.25) is 11.9 Å². The highest BCUT2D eigenvalue weighted by Crippen LogP contribution is 2.53. The van der Waals surface area contributed by atoms with Crippen LogP contribution in [0.15, 0.2) is 42.5 Å². The fourth-order valence-corrected chi connectivity index (χ4v) is 5.50. The van der Waals surface area contributed by atoms with E-state index < -0.39 is 66.3 Å². The van der Waals surface area contributed by atoms with Crippen LogP contribution in [-0.4, -0.2) is 72.7 Å². The number of aliphatic hydroxyl groups excluding tert-OH is 1. The number of carbonyl (C=O) groups excluding carboxylic acids is 4. The van der Waals surface area contributed by atoms with Gasteiger partial charge in [0.25, 0.3) is 0 Å². The van der Waals surface area contributed by atoms with Crippen molar-refractivity contribution in [1.29, 1.82) is 0 Å². The summed E-state index contributed by atoms with van der Waals surface area (Å²) in [6.45, 7) is 6.14. The summed E-state index contributed by atoms with van der Waals surface area (Å²) in [5, 5.41) is 11.5. The topological polar surface area (TPSA) is 153 Å². The minimum Gasteiger partial charge on any atom is -0.494 e. The summed E-state index contributed by atoms with van der Waals surface area (Å²) < 4.78 is 40.3. The van der Waals surface area contributed by atoms with Gasteiger partial charge in [-0.3, -0.25) is 19.2 Å². The Kier molecular flexibility index (Phi) is 9.65. The second-order valence-electron chi connectivity index (χ2n) is 10.2. The van der Waals surface area contributed by atoms with Crippen molar-refractivity contribution in [2.24, 2.45) is 0 Å². The van der Waals surface area contributed by atoms with E-state index in [4.69, 9.17) is 44.8 Å². The smallest absolute Gasteiger partial charge is 0.303 e. The molecule has 4 rings (SSSR count). The van der Waals surface area contributed by atoms with Crippen molar-refractivity contribution in [1.82, 2.24) is 0 Å². The first kappa shape index (κ1) is 32.2. The van der Waals surface area contributed by atoms with E-state index in [1.54, 1.807) is 24.3 Å². The highest BCUT2D eigenvalue weighted by atomic mass is 35.5. The van der Waals surface area contributed by atoms with E-state index in [0.29, 0.717) is 17.9 Å². The minimum absolute atomic E-state index is 0.208. The number of fused-ring (bicyclic) bond motifs is 2. The Morgan fingerprint density at radius 3 is 2.14 bits per heavy atom. The average Bonchev–Trinajstić information content (AvgIpc) is 3.30. The lowest BCUT2D eigenvalue weighted by Crippen LogP contribution is -2.68. The second kappa shape index (κ2) is 12.9. The van der Waals surface area contributed by atoms with Crippen LogP contribution in [-0.2, 0) is 53.4 Å². The van der Waals surface area contributed by atoms with Crippen LogP contribution in [0.3, 0.4) is 0 Å². The number of rotatable bonds is 10. The van der Waals surface area contributed by atoms with Crippen LogP contribution < -0.4 is 4.74 Å². The standard InChI is InChI=1S/C30H33ClO12/c1-6-37-22-10-7-20(8-11-22)25(36)23-13-21(9-12-24(23)31)30-28(42-19(5)35)26(40-17(3)33)27(41-18(4)34)29(43-30,15-39-30)14-38-16(2)32/h7-13,25-28,36H,6,14-15H2,1-5H3. The zero-order valence-electron chi connectivity index (χ0n) is 24.3. The van der Waals surface area contributed by atoms with Crippen LogP contribution in [0.2, 0.25) is 5.02 Å². The number of hydrogen-bond acceptors (Lipinski definition) is 12. The van der Waals surface area contributed by atoms with Gasteiger partial charge in [0, 0.05) is 43.8 Å². The van der Waals surface area contributed by atoms with Crippen LogP contribution in [0.5, 0.6) is 5.75 Å². The van der Waals surface area contributed by atoms with Gasteiger partial charge in [0.05, 0.1) is 13.2 Å². The summed E-state index contributed by atoms with van der Waals surface area (Å²) in [4.78, 5) is 48.7. The summed E-state index contributed by atoms with van der Waals surface area (Å²) in [6, 6.07) is 11.3. The molecule has 6 atom stereocenters. The predicted octanol–water partition coefficient (Wildman–Crippen LogP) is 3.13. The maximum atomic E-state index is 12.4. The molecule has 2 heterocycles. The van der Waals surface area contributed by atoms with E-state index in [1.165, 1.54) is 25.1 Å². The number of aliphatic hydroxyl groups is 1. The van der Waals surface area contributed by atoms with Gasteiger partial charge >= 0.3 is 23.9 Å². The van der Waals surface area contributed by atoms with Crippen molar-refractivity contribution >= 4 is 35.5 Å². The maximum Gasteiger partial charge on any atom is 0.303 e. The Balaban J connectivity index is 1.86. The molecule has 2 fully saturated rings. The molecule has 6 unspecified atom stereocenters. The summed E-state index contributed by atoms with van der Waals surface area (Å²) in [5.41, 5.74) is -0.687.